The molecule has 0 unspecified atom stereocenters. The lowest BCUT2D eigenvalue weighted by Crippen LogP contribution is -2.28. The van der Waals surface area contributed by atoms with Crippen molar-refractivity contribution in [3.8, 4) is 44.9 Å². The van der Waals surface area contributed by atoms with Gasteiger partial charge < -0.3 is 10.2 Å². The molecule has 9 rings (SSSR count). The molecule has 0 bridgehead atoms. The Hall–Kier alpha value is -5.16. The van der Waals surface area contributed by atoms with E-state index in [1.165, 1.54) is 55.6 Å². The molecule has 0 spiro atoms. The molecule has 0 aliphatic heterocycles. The largest absolute Gasteiger partial charge is 0.508 e. The van der Waals surface area contributed by atoms with Crippen molar-refractivity contribution in [3.05, 3.63) is 165 Å². The van der Waals surface area contributed by atoms with Gasteiger partial charge >= 0.3 is 0 Å². The highest BCUT2D eigenvalue weighted by Crippen LogP contribution is 2.58. The first-order valence-electron chi connectivity index (χ1n) is 14.9. The number of phenols is 2. The van der Waals surface area contributed by atoms with Gasteiger partial charge in [0.2, 0.25) is 0 Å². The number of phenolic OH excluding ortho intramolecular Hbond substituents is 2. The molecule has 2 nitrogen and oxygen atoms in total. The van der Waals surface area contributed by atoms with Gasteiger partial charge in [0.15, 0.2) is 0 Å². The van der Waals surface area contributed by atoms with E-state index < -0.39 is 5.41 Å². The van der Waals surface area contributed by atoms with Crippen molar-refractivity contribution in [2.45, 2.75) is 5.41 Å². The summed E-state index contributed by atoms with van der Waals surface area (Å²) in [5.74, 6) is 0.530. The maximum atomic E-state index is 10.2. The lowest BCUT2D eigenvalue weighted by atomic mass is 9.67. The summed E-state index contributed by atoms with van der Waals surface area (Å²) in [5, 5.41) is 33.3. The van der Waals surface area contributed by atoms with Crippen molar-refractivity contribution >= 4 is 44.2 Å². The predicted octanol–water partition coefficient (Wildman–Crippen LogP) is 11.2. The molecule has 6 aromatic carbocycles. The van der Waals surface area contributed by atoms with Gasteiger partial charge in [-0.05, 0) is 159 Å². The van der Waals surface area contributed by atoms with Gasteiger partial charge in [-0.25, -0.2) is 0 Å². The molecule has 0 saturated carbocycles. The third-order valence-electron chi connectivity index (χ3n) is 9.36. The van der Waals surface area contributed by atoms with E-state index in [0.717, 1.165) is 21.5 Å². The Morgan fingerprint density at radius 1 is 0.400 bits per heavy atom. The van der Waals surface area contributed by atoms with Crippen LogP contribution in [-0.2, 0) is 5.41 Å². The molecule has 1 aliphatic carbocycles. The molecule has 1 aliphatic rings. The minimum Gasteiger partial charge on any atom is -0.508 e. The molecule has 0 saturated heterocycles. The van der Waals surface area contributed by atoms with Gasteiger partial charge in [-0.3, -0.25) is 0 Å². The average molecular weight is 615 g/mol. The standard InChI is InChI=1S/C41H26O2S2/c42-35-9-3-25-17-33(7-1-27(25)19-35)41(34-8-2-28-20-36(43)10-4-26(28)18-34)39-11-5-29(31-13-15-44-23-31)21-37(39)38-22-30(6-12-40(38)41)32-14-16-45-24-32/h1-24,42-43H. The smallest absolute Gasteiger partial charge is 0.116 e. The topological polar surface area (TPSA) is 40.5 Å². The maximum absolute atomic E-state index is 10.2. The molecule has 4 heteroatoms. The summed E-state index contributed by atoms with van der Waals surface area (Å²) < 4.78 is 0. The van der Waals surface area contributed by atoms with Crippen LogP contribution >= 0.6 is 22.7 Å². The van der Waals surface area contributed by atoms with Gasteiger partial charge in [0.25, 0.3) is 0 Å². The van der Waals surface area contributed by atoms with Crippen LogP contribution in [0.3, 0.4) is 0 Å². The van der Waals surface area contributed by atoms with Crippen LogP contribution in [-0.4, -0.2) is 10.2 Å². The van der Waals surface area contributed by atoms with E-state index in [1.54, 1.807) is 34.8 Å². The third kappa shape index (κ3) is 4.00. The van der Waals surface area contributed by atoms with Crippen LogP contribution in [0.15, 0.2) is 143 Å². The maximum Gasteiger partial charge on any atom is 0.116 e. The number of hydrogen-bond donors (Lipinski definition) is 2. The quantitative estimate of drug-likeness (QED) is 0.207. The second kappa shape index (κ2) is 9.93. The predicted molar refractivity (Wildman–Crippen MR) is 189 cm³/mol. The van der Waals surface area contributed by atoms with E-state index >= 15 is 0 Å². The number of benzene rings is 6. The summed E-state index contributed by atoms with van der Waals surface area (Å²) in [6, 6.07) is 42.7. The SMILES string of the molecule is Oc1ccc2cc(C3(c4ccc5cc(O)ccc5c4)c4ccc(-c5ccsc5)cc4-c4cc(-c5ccsc5)ccc43)ccc2c1. The van der Waals surface area contributed by atoms with E-state index in [0.29, 0.717) is 0 Å². The molecule has 2 N–H and O–H groups in total. The van der Waals surface area contributed by atoms with E-state index in [2.05, 4.69) is 106 Å². The van der Waals surface area contributed by atoms with Gasteiger partial charge in [-0.1, -0.05) is 60.7 Å². The van der Waals surface area contributed by atoms with Crippen molar-refractivity contribution in [2.24, 2.45) is 0 Å². The Kier molecular flexibility index (Phi) is 5.79. The third-order valence-corrected chi connectivity index (χ3v) is 10.7. The van der Waals surface area contributed by atoms with Crippen LogP contribution in [0.4, 0.5) is 0 Å². The van der Waals surface area contributed by atoms with Crippen LogP contribution in [0.1, 0.15) is 22.3 Å². The van der Waals surface area contributed by atoms with Gasteiger partial charge in [-0.2, -0.15) is 22.7 Å². The second-order valence-electron chi connectivity index (χ2n) is 11.8. The van der Waals surface area contributed by atoms with Crippen LogP contribution in [0.25, 0.3) is 54.9 Å². The molecule has 8 aromatic rings. The van der Waals surface area contributed by atoms with Gasteiger partial charge in [-0.15, -0.1) is 0 Å². The van der Waals surface area contributed by atoms with Crippen LogP contribution < -0.4 is 0 Å². The number of aromatic hydroxyl groups is 2. The minimum atomic E-state index is -0.594. The molecule has 2 heterocycles. The van der Waals surface area contributed by atoms with E-state index in [9.17, 15) is 10.2 Å². The van der Waals surface area contributed by atoms with Crippen LogP contribution in [0, 0.1) is 0 Å². The summed E-state index contributed by atoms with van der Waals surface area (Å²) in [6.07, 6.45) is 0. The first kappa shape index (κ1) is 26.3. The molecule has 45 heavy (non-hydrogen) atoms. The summed E-state index contributed by atoms with van der Waals surface area (Å²) >= 11 is 3.43. The van der Waals surface area contributed by atoms with Gasteiger partial charge in [0, 0.05) is 0 Å². The zero-order valence-electron chi connectivity index (χ0n) is 24.1. The molecule has 0 atom stereocenters. The minimum absolute atomic E-state index is 0.265. The number of hydrogen-bond acceptors (Lipinski definition) is 4. The Morgan fingerprint density at radius 3 is 1.29 bits per heavy atom. The lowest BCUT2D eigenvalue weighted by molar-refractivity contribution is 0.475. The van der Waals surface area contributed by atoms with E-state index in [-0.39, 0.29) is 11.5 Å². The molecule has 0 radical (unpaired) electrons. The van der Waals surface area contributed by atoms with Crippen molar-refractivity contribution in [3.63, 3.8) is 0 Å². The highest BCUT2D eigenvalue weighted by Gasteiger charge is 2.46. The molecule has 2 aromatic heterocycles. The fourth-order valence-electron chi connectivity index (χ4n) is 7.27. The van der Waals surface area contributed by atoms with Crippen molar-refractivity contribution in [1.82, 2.24) is 0 Å². The van der Waals surface area contributed by atoms with Crippen LogP contribution in [0.2, 0.25) is 0 Å². The fourth-order valence-corrected chi connectivity index (χ4v) is 8.60. The van der Waals surface area contributed by atoms with E-state index in [4.69, 9.17) is 0 Å². The summed E-state index contributed by atoms with van der Waals surface area (Å²) in [5.41, 5.74) is 11.6. The summed E-state index contributed by atoms with van der Waals surface area (Å²) in [7, 11) is 0. The monoisotopic (exact) mass is 614 g/mol. The van der Waals surface area contributed by atoms with E-state index in [1.807, 2.05) is 24.3 Å². The summed E-state index contributed by atoms with van der Waals surface area (Å²) in [6.45, 7) is 0. The number of thiophene rings is 2. The Morgan fingerprint density at radius 2 is 0.844 bits per heavy atom. The van der Waals surface area contributed by atoms with Crippen molar-refractivity contribution in [1.29, 1.82) is 0 Å². The second-order valence-corrected chi connectivity index (χ2v) is 13.3. The van der Waals surface area contributed by atoms with Crippen molar-refractivity contribution < 1.29 is 10.2 Å². The fraction of sp³-hybridized carbons (Fsp3) is 0.0244. The highest BCUT2D eigenvalue weighted by atomic mass is 32.1. The first-order valence-corrected chi connectivity index (χ1v) is 16.8. The lowest BCUT2D eigenvalue weighted by Gasteiger charge is -2.34. The average Bonchev–Trinajstić information content (AvgIpc) is 3.85. The summed E-state index contributed by atoms with van der Waals surface area (Å²) in [4.78, 5) is 0. The Labute approximate surface area is 268 Å². The van der Waals surface area contributed by atoms with Crippen molar-refractivity contribution in [2.75, 3.05) is 0 Å². The molecule has 214 valence electrons. The first-order chi connectivity index (χ1) is 22.1. The number of rotatable bonds is 4. The molecular formula is C41H26O2S2. The molecule has 0 fully saturated rings. The Balaban J connectivity index is 1.40. The highest BCUT2D eigenvalue weighted by molar-refractivity contribution is 7.08. The number of fused-ring (bicyclic) bond motifs is 5. The Bertz CT molecular complexity index is 2230. The molecular weight excluding hydrogens is 589 g/mol. The zero-order chi connectivity index (χ0) is 30.1. The van der Waals surface area contributed by atoms with Crippen LogP contribution in [0.5, 0.6) is 11.5 Å². The van der Waals surface area contributed by atoms with Gasteiger partial charge in [0.1, 0.15) is 11.5 Å². The van der Waals surface area contributed by atoms with Gasteiger partial charge in [0.05, 0.1) is 5.41 Å². The normalized spacial score (nSPS) is 13.2. The zero-order valence-corrected chi connectivity index (χ0v) is 25.7. The molecule has 0 amide bonds.